The number of aromatic nitrogens is 1. The number of likely N-dealkylation sites (tertiary alicyclic amines) is 1. The summed E-state index contributed by atoms with van der Waals surface area (Å²) in [5, 5.41) is 3.42. The van der Waals surface area contributed by atoms with E-state index >= 15 is 0 Å². The maximum Gasteiger partial charge on any atom is 0.292 e. The van der Waals surface area contributed by atoms with E-state index in [1.165, 1.54) is 12.8 Å². The fraction of sp³-hybridized carbons (Fsp3) is 0.522. The number of nitrogens with zero attached hydrogens (tertiary/aromatic N) is 2. The summed E-state index contributed by atoms with van der Waals surface area (Å²) in [5.74, 6) is -0.622. The molecule has 1 N–H and O–H groups in total. The van der Waals surface area contributed by atoms with Crippen LogP contribution in [-0.2, 0) is 16.1 Å². The maximum atomic E-state index is 12.8. The van der Waals surface area contributed by atoms with Crippen LogP contribution in [0.5, 0.6) is 0 Å². The number of hydrogen-bond donors (Lipinski definition) is 1. The summed E-state index contributed by atoms with van der Waals surface area (Å²) in [5.41, 5.74) is 1.15. The van der Waals surface area contributed by atoms with Gasteiger partial charge in [-0.1, -0.05) is 44.9 Å². The first-order valence-electron chi connectivity index (χ1n) is 10.7. The van der Waals surface area contributed by atoms with E-state index in [9.17, 15) is 14.4 Å². The molecule has 1 aromatic heterocycles. The molecule has 0 radical (unpaired) electrons. The maximum absolute atomic E-state index is 12.8. The number of rotatable bonds is 7. The van der Waals surface area contributed by atoms with Gasteiger partial charge in [0, 0.05) is 36.7 Å². The molecule has 0 aliphatic carbocycles. The van der Waals surface area contributed by atoms with Gasteiger partial charge >= 0.3 is 0 Å². The van der Waals surface area contributed by atoms with Crippen molar-refractivity contribution in [3.63, 3.8) is 0 Å². The van der Waals surface area contributed by atoms with E-state index in [4.69, 9.17) is 0 Å². The Bertz CT molecular complexity index is 877. The van der Waals surface area contributed by atoms with Crippen molar-refractivity contribution in [1.82, 2.24) is 14.8 Å². The normalized spacial score (nSPS) is 14.8. The first kappa shape index (κ1) is 21.1. The number of ketones is 1. The van der Waals surface area contributed by atoms with Crippen molar-refractivity contribution in [3.8, 4) is 0 Å². The molecule has 6 nitrogen and oxygen atoms in total. The van der Waals surface area contributed by atoms with Crippen LogP contribution in [0.1, 0.15) is 56.3 Å². The highest BCUT2D eigenvalue weighted by atomic mass is 16.2. The van der Waals surface area contributed by atoms with Gasteiger partial charge in [0.25, 0.3) is 11.7 Å². The molecular formula is C23H31N3O3. The summed E-state index contributed by atoms with van der Waals surface area (Å²) in [4.78, 5) is 39.8. The molecule has 0 spiro atoms. The predicted molar refractivity (Wildman–Crippen MR) is 114 cm³/mol. The number of carbonyl (C=O) groups is 3. The lowest BCUT2D eigenvalue weighted by Gasteiger charge is -2.20. The third-order valence-corrected chi connectivity index (χ3v) is 5.51. The van der Waals surface area contributed by atoms with Gasteiger partial charge in [0.05, 0.1) is 5.56 Å². The van der Waals surface area contributed by atoms with E-state index in [0.29, 0.717) is 23.4 Å². The minimum Gasteiger partial charge on any atom is -0.349 e. The zero-order chi connectivity index (χ0) is 20.8. The van der Waals surface area contributed by atoms with Gasteiger partial charge in [-0.05, 0) is 31.2 Å². The van der Waals surface area contributed by atoms with E-state index < -0.39 is 11.7 Å². The Morgan fingerprint density at radius 2 is 1.72 bits per heavy atom. The summed E-state index contributed by atoms with van der Waals surface area (Å²) in [6.07, 6.45) is 6.90. The van der Waals surface area contributed by atoms with Crippen LogP contribution in [0.15, 0.2) is 30.5 Å². The second-order valence-corrected chi connectivity index (χ2v) is 8.25. The topological polar surface area (TPSA) is 71.4 Å². The van der Waals surface area contributed by atoms with Gasteiger partial charge in [0.1, 0.15) is 6.54 Å². The molecule has 1 aromatic carbocycles. The van der Waals surface area contributed by atoms with Crippen molar-refractivity contribution < 1.29 is 14.4 Å². The summed E-state index contributed by atoms with van der Waals surface area (Å²) >= 11 is 0. The minimum atomic E-state index is -0.590. The standard InChI is InChI=1S/C23H31N3O3/c1-17(2)11-12-24-23(29)22(28)19-15-26(20-10-6-5-9-18(19)20)16-21(27)25-13-7-3-4-8-14-25/h5-6,9-10,15,17H,3-4,7-8,11-14,16H2,1-2H3,(H,24,29). The summed E-state index contributed by atoms with van der Waals surface area (Å²) < 4.78 is 1.80. The highest BCUT2D eigenvalue weighted by Gasteiger charge is 2.23. The van der Waals surface area contributed by atoms with Crippen molar-refractivity contribution >= 4 is 28.5 Å². The number of carbonyl (C=O) groups excluding carboxylic acids is 3. The van der Waals surface area contributed by atoms with Gasteiger partial charge in [-0.25, -0.2) is 0 Å². The Labute approximate surface area is 172 Å². The van der Waals surface area contributed by atoms with E-state index in [-0.39, 0.29) is 12.5 Å². The fourth-order valence-electron chi connectivity index (χ4n) is 3.80. The predicted octanol–water partition coefficient (Wildman–Crippen LogP) is 3.39. The second kappa shape index (κ2) is 9.72. The summed E-state index contributed by atoms with van der Waals surface area (Å²) in [6, 6.07) is 7.44. The Morgan fingerprint density at radius 3 is 2.41 bits per heavy atom. The van der Waals surface area contributed by atoms with Crippen LogP contribution >= 0.6 is 0 Å². The van der Waals surface area contributed by atoms with Crippen LogP contribution in [0.2, 0.25) is 0 Å². The molecular weight excluding hydrogens is 366 g/mol. The molecule has 2 aromatic rings. The number of amides is 2. The number of para-hydroxylation sites is 1. The molecule has 1 saturated heterocycles. The first-order valence-corrected chi connectivity index (χ1v) is 10.7. The average molecular weight is 398 g/mol. The van der Waals surface area contributed by atoms with Crippen molar-refractivity contribution in [2.24, 2.45) is 5.92 Å². The minimum absolute atomic E-state index is 0.0630. The quantitative estimate of drug-likeness (QED) is 0.575. The van der Waals surface area contributed by atoms with Gasteiger partial charge in [-0.3, -0.25) is 14.4 Å². The number of nitrogens with one attached hydrogen (secondary N) is 1. The molecule has 0 saturated carbocycles. The average Bonchev–Trinajstić information content (AvgIpc) is 2.88. The van der Waals surface area contributed by atoms with Crippen molar-refractivity contribution in [2.45, 2.75) is 52.5 Å². The monoisotopic (exact) mass is 397 g/mol. The number of hydrogen-bond acceptors (Lipinski definition) is 3. The zero-order valence-corrected chi connectivity index (χ0v) is 17.4. The Hall–Kier alpha value is -2.63. The van der Waals surface area contributed by atoms with Gasteiger partial charge < -0.3 is 14.8 Å². The molecule has 29 heavy (non-hydrogen) atoms. The van der Waals surface area contributed by atoms with Gasteiger partial charge in [0.2, 0.25) is 5.91 Å². The van der Waals surface area contributed by atoms with Crippen LogP contribution in [0.3, 0.4) is 0 Å². The molecule has 3 rings (SSSR count). The van der Waals surface area contributed by atoms with Crippen LogP contribution in [0.4, 0.5) is 0 Å². The Morgan fingerprint density at radius 1 is 1.03 bits per heavy atom. The van der Waals surface area contributed by atoms with Crippen molar-refractivity contribution in [1.29, 1.82) is 0 Å². The fourth-order valence-corrected chi connectivity index (χ4v) is 3.80. The van der Waals surface area contributed by atoms with Gasteiger partial charge in [-0.2, -0.15) is 0 Å². The van der Waals surface area contributed by atoms with Crippen LogP contribution in [0.25, 0.3) is 10.9 Å². The van der Waals surface area contributed by atoms with Crippen LogP contribution in [0, 0.1) is 5.92 Å². The van der Waals surface area contributed by atoms with Crippen LogP contribution in [-0.4, -0.2) is 46.7 Å². The van der Waals surface area contributed by atoms with Crippen LogP contribution < -0.4 is 5.32 Å². The van der Waals surface area contributed by atoms with Gasteiger partial charge in [-0.15, -0.1) is 0 Å². The lowest BCUT2D eigenvalue weighted by atomic mass is 10.1. The van der Waals surface area contributed by atoms with E-state index in [1.807, 2.05) is 29.2 Å². The lowest BCUT2D eigenvalue weighted by Crippen LogP contribution is -2.34. The van der Waals surface area contributed by atoms with E-state index in [1.54, 1.807) is 10.8 Å². The van der Waals surface area contributed by atoms with E-state index in [0.717, 1.165) is 37.9 Å². The highest BCUT2D eigenvalue weighted by molar-refractivity contribution is 6.45. The smallest absolute Gasteiger partial charge is 0.292 e. The second-order valence-electron chi connectivity index (χ2n) is 8.25. The molecule has 0 unspecified atom stereocenters. The molecule has 1 fully saturated rings. The largest absolute Gasteiger partial charge is 0.349 e. The highest BCUT2D eigenvalue weighted by Crippen LogP contribution is 2.22. The van der Waals surface area contributed by atoms with Gasteiger partial charge in [0.15, 0.2) is 0 Å². The molecule has 2 heterocycles. The molecule has 1 aliphatic rings. The number of benzene rings is 1. The molecule has 0 bridgehead atoms. The molecule has 2 amide bonds. The third-order valence-electron chi connectivity index (χ3n) is 5.51. The lowest BCUT2D eigenvalue weighted by molar-refractivity contribution is -0.131. The van der Waals surface area contributed by atoms with Crippen molar-refractivity contribution in [3.05, 3.63) is 36.0 Å². The molecule has 156 valence electrons. The third kappa shape index (κ3) is 5.25. The summed E-state index contributed by atoms with van der Waals surface area (Å²) in [7, 11) is 0. The molecule has 6 heteroatoms. The zero-order valence-electron chi connectivity index (χ0n) is 17.4. The Kier molecular flexibility index (Phi) is 7.07. The number of Topliss-reactive ketones (excluding diaryl/α,β-unsaturated/α-hetero) is 1. The summed E-state index contributed by atoms with van der Waals surface area (Å²) in [6.45, 7) is 6.40. The molecule has 0 atom stereocenters. The SMILES string of the molecule is CC(C)CCNC(=O)C(=O)c1cn(CC(=O)N2CCCCCC2)c2ccccc12. The van der Waals surface area contributed by atoms with E-state index in [2.05, 4.69) is 19.2 Å². The Balaban J connectivity index is 1.78. The number of fused-ring (bicyclic) bond motifs is 1. The first-order chi connectivity index (χ1) is 14.0. The van der Waals surface area contributed by atoms with Crippen molar-refractivity contribution in [2.75, 3.05) is 19.6 Å². The molecule has 1 aliphatic heterocycles.